The van der Waals surface area contributed by atoms with Crippen molar-refractivity contribution in [2.45, 2.75) is 36.5 Å². The second-order valence-electron chi connectivity index (χ2n) is 11.0. The van der Waals surface area contributed by atoms with Crippen LogP contribution in [0.4, 0.5) is 8.78 Å². The summed E-state index contributed by atoms with van der Waals surface area (Å²) in [5.41, 5.74) is 2.43. The van der Waals surface area contributed by atoms with Gasteiger partial charge in [-0.15, -0.1) is 0 Å². The molecule has 0 bridgehead atoms. The van der Waals surface area contributed by atoms with Gasteiger partial charge in [-0.3, -0.25) is 4.79 Å². The van der Waals surface area contributed by atoms with Crippen LogP contribution in [0, 0.1) is 11.6 Å². The number of nitrogens with one attached hydrogen (secondary N) is 2. The van der Waals surface area contributed by atoms with Gasteiger partial charge in [0.15, 0.2) is 21.4 Å². The molecule has 1 fully saturated rings. The predicted octanol–water partition coefficient (Wildman–Crippen LogP) is 6.23. The Kier molecular flexibility index (Phi) is 8.19. The van der Waals surface area contributed by atoms with Gasteiger partial charge in [0.2, 0.25) is 0 Å². The summed E-state index contributed by atoms with van der Waals surface area (Å²) < 4.78 is 72.4. The van der Waals surface area contributed by atoms with E-state index in [1.165, 1.54) is 24.4 Å². The number of rotatable bonds is 10. The maximum Gasteiger partial charge on any atom is 0.306 e. The van der Waals surface area contributed by atoms with Crippen molar-refractivity contribution in [3.8, 4) is 22.9 Å². The molecule has 1 aliphatic rings. The van der Waals surface area contributed by atoms with Gasteiger partial charge in [-0.2, -0.15) is 0 Å². The number of esters is 1. The van der Waals surface area contributed by atoms with Crippen molar-refractivity contribution in [2.24, 2.45) is 0 Å². The van der Waals surface area contributed by atoms with E-state index in [9.17, 15) is 13.2 Å². The third-order valence-electron chi connectivity index (χ3n) is 8.02. The molecule has 5 aromatic rings. The van der Waals surface area contributed by atoms with Gasteiger partial charge in [0.25, 0.3) is 0 Å². The van der Waals surface area contributed by atoms with E-state index in [4.69, 9.17) is 14.2 Å². The monoisotopic (exact) mass is 635 g/mol. The first-order valence-corrected chi connectivity index (χ1v) is 16.3. The molecule has 45 heavy (non-hydrogen) atoms. The number of sulfone groups is 1. The molecule has 1 saturated heterocycles. The topological polar surface area (TPSA) is 123 Å². The standard InChI is InChI=1S/C33H31F2N3O6S/c1-3-43-29(39)10-7-20-5-4-6-21(15-20)33(12-14-42-19-33)28-18-37-32(38-28)24-16-22(8-9-25(24)34)44-30-26(35)17-27-23(11-13-36-27)31(30)45(2,40)41/h4-6,8-9,11,13,15-18,36H,3,7,10,12,14,19H2,1-2H3,(H,37,38). The van der Waals surface area contributed by atoms with E-state index < -0.39 is 32.6 Å². The Morgan fingerprint density at radius 1 is 1.11 bits per heavy atom. The van der Waals surface area contributed by atoms with Gasteiger partial charge in [0.05, 0.1) is 24.2 Å². The summed E-state index contributed by atoms with van der Waals surface area (Å²) in [5, 5.41) is 0.279. The molecule has 9 nitrogen and oxygen atoms in total. The summed E-state index contributed by atoms with van der Waals surface area (Å²) in [7, 11) is -3.91. The van der Waals surface area contributed by atoms with Crippen LogP contribution in [-0.4, -0.2) is 55.4 Å². The van der Waals surface area contributed by atoms with Crippen LogP contribution in [0.15, 0.2) is 71.9 Å². The fourth-order valence-electron chi connectivity index (χ4n) is 5.82. The Bertz CT molecular complexity index is 2000. The number of aromatic amines is 2. The molecule has 0 amide bonds. The Hall–Kier alpha value is -4.55. The molecule has 3 aromatic carbocycles. The molecule has 1 aliphatic heterocycles. The zero-order valence-electron chi connectivity index (χ0n) is 24.7. The summed E-state index contributed by atoms with van der Waals surface area (Å²) in [6.07, 6.45) is 5.56. The molecule has 234 valence electrons. The van der Waals surface area contributed by atoms with E-state index in [-0.39, 0.29) is 39.8 Å². The highest BCUT2D eigenvalue weighted by Crippen LogP contribution is 2.41. The second-order valence-corrected chi connectivity index (χ2v) is 13.0. The van der Waals surface area contributed by atoms with E-state index >= 15 is 8.78 Å². The van der Waals surface area contributed by atoms with Gasteiger partial charge >= 0.3 is 5.97 Å². The number of fused-ring (bicyclic) bond motifs is 1. The Balaban J connectivity index is 1.33. The van der Waals surface area contributed by atoms with E-state index in [2.05, 4.69) is 15.0 Å². The number of aryl methyl sites for hydroxylation is 1. The van der Waals surface area contributed by atoms with Gasteiger partial charge in [0.1, 0.15) is 22.3 Å². The van der Waals surface area contributed by atoms with E-state index in [1.807, 2.05) is 24.3 Å². The molecule has 3 heterocycles. The third-order valence-corrected chi connectivity index (χ3v) is 9.16. The summed E-state index contributed by atoms with van der Waals surface area (Å²) in [6, 6.07) is 14.4. The number of nitrogens with zero attached hydrogens (tertiary/aromatic N) is 1. The van der Waals surface area contributed by atoms with Gasteiger partial charge in [-0.1, -0.05) is 24.3 Å². The van der Waals surface area contributed by atoms with Crippen molar-refractivity contribution < 1.29 is 36.2 Å². The SMILES string of the molecule is CCOC(=O)CCc1cccc(C2(c3cnc(-c4cc(Oc5c(F)cc6[nH]ccc6c5S(C)(=O)=O)ccc4F)[nH]3)CCOC2)c1. The molecule has 1 unspecified atom stereocenters. The fourth-order valence-corrected chi connectivity index (χ4v) is 6.87. The van der Waals surface area contributed by atoms with Gasteiger partial charge in [-0.25, -0.2) is 22.2 Å². The largest absolute Gasteiger partial charge is 0.466 e. The van der Waals surface area contributed by atoms with E-state index in [1.54, 1.807) is 13.1 Å². The summed E-state index contributed by atoms with van der Waals surface area (Å²) in [6.45, 7) is 2.99. The summed E-state index contributed by atoms with van der Waals surface area (Å²) >= 11 is 0. The van der Waals surface area contributed by atoms with Gasteiger partial charge in [0, 0.05) is 54.3 Å². The number of ether oxygens (including phenoxy) is 3. The number of carbonyl (C=O) groups is 1. The number of halogens is 2. The van der Waals surface area contributed by atoms with Crippen LogP contribution in [0.2, 0.25) is 0 Å². The van der Waals surface area contributed by atoms with Crippen molar-refractivity contribution in [2.75, 3.05) is 26.1 Å². The van der Waals surface area contributed by atoms with Crippen molar-refractivity contribution in [3.63, 3.8) is 0 Å². The molecule has 0 radical (unpaired) electrons. The van der Waals surface area contributed by atoms with Crippen LogP contribution in [0.5, 0.6) is 11.5 Å². The van der Waals surface area contributed by atoms with Crippen LogP contribution in [0.3, 0.4) is 0 Å². The van der Waals surface area contributed by atoms with Gasteiger partial charge < -0.3 is 24.2 Å². The highest BCUT2D eigenvalue weighted by molar-refractivity contribution is 7.91. The molecule has 0 saturated carbocycles. The van der Waals surface area contributed by atoms with E-state index in [0.29, 0.717) is 43.9 Å². The first-order chi connectivity index (χ1) is 21.6. The van der Waals surface area contributed by atoms with Crippen LogP contribution in [0.25, 0.3) is 22.3 Å². The lowest BCUT2D eigenvalue weighted by Gasteiger charge is -2.27. The minimum atomic E-state index is -3.91. The van der Waals surface area contributed by atoms with Crippen LogP contribution in [-0.2, 0) is 35.9 Å². The molecule has 0 spiro atoms. The van der Waals surface area contributed by atoms with Crippen molar-refractivity contribution >= 4 is 26.7 Å². The Labute approximate surface area is 258 Å². The van der Waals surface area contributed by atoms with Crippen molar-refractivity contribution in [1.82, 2.24) is 15.0 Å². The second kappa shape index (κ2) is 12.1. The summed E-state index contributed by atoms with van der Waals surface area (Å²) in [5.74, 6) is -1.99. The summed E-state index contributed by atoms with van der Waals surface area (Å²) in [4.78, 5) is 22.2. The molecular formula is C33H31F2N3O6S. The normalized spacial score (nSPS) is 16.7. The predicted molar refractivity (Wildman–Crippen MR) is 163 cm³/mol. The smallest absolute Gasteiger partial charge is 0.306 e. The molecule has 0 aliphatic carbocycles. The van der Waals surface area contributed by atoms with Crippen LogP contribution in [0.1, 0.15) is 36.6 Å². The number of imidazole rings is 1. The number of hydrogen-bond acceptors (Lipinski definition) is 7. The molecular weight excluding hydrogens is 604 g/mol. The Morgan fingerprint density at radius 2 is 1.96 bits per heavy atom. The van der Waals surface area contributed by atoms with Crippen molar-refractivity contribution in [1.29, 1.82) is 0 Å². The fraction of sp³-hybridized carbons (Fsp3) is 0.273. The molecule has 12 heteroatoms. The number of H-pyrrole nitrogens is 2. The first kappa shape index (κ1) is 30.5. The average molecular weight is 636 g/mol. The van der Waals surface area contributed by atoms with Crippen molar-refractivity contribution in [3.05, 3.63) is 95.4 Å². The van der Waals surface area contributed by atoms with Crippen LogP contribution < -0.4 is 4.74 Å². The average Bonchev–Trinajstić information content (AvgIpc) is 3.78. The molecule has 1 atom stereocenters. The molecule has 6 rings (SSSR count). The highest BCUT2D eigenvalue weighted by atomic mass is 32.2. The quantitative estimate of drug-likeness (QED) is 0.174. The first-order valence-electron chi connectivity index (χ1n) is 14.4. The maximum absolute atomic E-state index is 15.2. The zero-order valence-corrected chi connectivity index (χ0v) is 25.5. The third kappa shape index (κ3) is 5.95. The van der Waals surface area contributed by atoms with E-state index in [0.717, 1.165) is 29.5 Å². The maximum atomic E-state index is 15.2. The minimum Gasteiger partial charge on any atom is -0.466 e. The number of carbonyl (C=O) groups excluding carboxylic acids is 1. The minimum absolute atomic E-state index is 0.0243. The molecule has 2 aromatic heterocycles. The molecule has 2 N–H and O–H groups in total. The zero-order chi connectivity index (χ0) is 31.8. The lowest BCUT2D eigenvalue weighted by Crippen LogP contribution is -2.28. The lowest BCUT2D eigenvalue weighted by atomic mass is 9.76. The highest BCUT2D eigenvalue weighted by Gasteiger charge is 2.40. The Morgan fingerprint density at radius 3 is 2.71 bits per heavy atom. The van der Waals surface area contributed by atoms with Crippen LogP contribution >= 0.6 is 0 Å². The number of hydrogen-bond donors (Lipinski definition) is 2. The number of benzene rings is 3. The number of aromatic nitrogens is 3. The lowest BCUT2D eigenvalue weighted by molar-refractivity contribution is -0.143. The van der Waals surface area contributed by atoms with Gasteiger partial charge in [-0.05, 0) is 55.2 Å².